The smallest absolute Gasteiger partial charge is 0.223 e. The molecule has 1 aromatic heterocycles. The van der Waals surface area contributed by atoms with Gasteiger partial charge in [0.15, 0.2) is 5.82 Å². The van der Waals surface area contributed by atoms with Gasteiger partial charge in [0.05, 0.1) is 12.8 Å². The topological polar surface area (TPSA) is 35.0 Å². The largest absolute Gasteiger partial charge is 0.493 e. The van der Waals surface area contributed by atoms with E-state index in [1.807, 2.05) is 12.1 Å². The van der Waals surface area contributed by atoms with Crippen molar-refractivity contribution in [1.29, 1.82) is 0 Å². The standard InChI is InChI=1S/C12H8ClFN2O/c13-12-15-6-9(14)11(16-12)8-1-2-10-7(5-8)3-4-17-10/h1-2,5-6H,3-4H2. The maximum atomic E-state index is 13.6. The molecule has 0 bridgehead atoms. The molecule has 2 heterocycles. The van der Waals surface area contributed by atoms with Crippen LogP contribution in [-0.2, 0) is 6.42 Å². The van der Waals surface area contributed by atoms with E-state index in [0.29, 0.717) is 12.2 Å². The van der Waals surface area contributed by atoms with Crippen LogP contribution >= 0.6 is 11.6 Å². The number of hydrogen-bond donors (Lipinski definition) is 0. The lowest BCUT2D eigenvalue weighted by Gasteiger charge is -2.04. The first kappa shape index (κ1) is 10.5. The van der Waals surface area contributed by atoms with Crippen LogP contribution in [0.15, 0.2) is 24.4 Å². The van der Waals surface area contributed by atoms with E-state index in [9.17, 15) is 4.39 Å². The Balaban J connectivity index is 2.12. The maximum Gasteiger partial charge on any atom is 0.223 e. The number of fused-ring (bicyclic) bond motifs is 1. The second-order valence-electron chi connectivity index (χ2n) is 3.76. The van der Waals surface area contributed by atoms with E-state index >= 15 is 0 Å². The first-order chi connectivity index (χ1) is 8.24. The molecule has 0 amide bonds. The maximum absolute atomic E-state index is 13.6. The Morgan fingerprint density at radius 3 is 3.12 bits per heavy atom. The molecule has 0 radical (unpaired) electrons. The highest BCUT2D eigenvalue weighted by Crippen LogP contribution is 2.30. The molecule has 0 atom stereocenters. The van der Waals surface area contributed by atoms with Crippen molar-refractivity contribution in [3.05, 3.63) is 41.1 Å². The van der Waals surface area contributed by atoms with E-state index in [4.69, 9.17) is 16.3 Å². The second-order valence-corrected chi connectivity index (χ2v) is 4.09. The summed E-state index contributed by atoms with van der Waals surface area (Å²) in [6.07, 6.45) is 1.91. The minimum atomic E-state index is -0.478. The van der Waals surface area contributed by atoms with Crippen LogP contribution in [0.25, 0.3) is 11.3 Å². The van der Waals surface area contributed by atoms with Gasteiger partial charge in [-0.2, -0.15) is 0 Å². The predicted molar refractivity (Wildman–Crippen MR) is 61.6 cm³/mol. The molecule has 0 unspecified atom stereocenters. The Kier molecular flexibility index (Phi) is 2.44. The Hall–Kier alpha value is -1.68. The average molecular weight is 251 g/mol. The molecule has 1 aliphatic heterocycles. The van der Waals surface area contributed by atoms with Gasteiger partial charge in [-0.05, 0) is 35.4 Å². The third kappa shape index (κ3) is 1.85. The molecule has 3 rings (SSSR count). The first-order valence-electron chi connectivity index (χ1n) is 5.18. The van der Waals surface area contributed by atoms with Crippen molar-refractivity contribution >= 4 is 11.6 Å². The van der Waals surface area contributed by atoms with Gasteiger partial charge in [-0.25, -0.2) is 14.4 Å². The predicted octanol–water partition coefficient (Wildman–Crippen LogP) is 2.87. The molecule has 17 heavy (non-hydrogen) atoms. The molecule has 0 saturated heterocycles. The lowest BCUT2D eigenvalue weighted by Crippen LogP contribution is -1.93. The van der Waals surface area contributed by atoms with Crippen LogP contribution in [-0.4, -0.2) is 16.6 Å². The van der Waals surface area contributed by atoms with Gasteiger partial charge in [0.1, 0.15) is 11.4 Å². The summed E-state index contributed by atoms with van der Waals surface area (Å²) in [4.78, 5) is 7.50. The molecular formula is C12H8ClFN2O. The normalized spacial score (nSPS) is 13.3. The van der Waals surface area contributed by atoms with E-state index in [1.165, 1.54) is 0 Å². The molecule has 0 aliphatic carbocycles. The zero-order valence-corrected chi connectivity index (χ0v) is 9.54. The summed E-state index contributed by atoms with van der Waals surface area (Å²) in [6.45, 7) is 0.672. The summed E-state index contributed by atoms with van der Waals surface area (Å²) in [5, 5.41) is 0.0400. The van der Waals surface area contributed by atoms with Crippen molar-refractivity contribution in [2.75, 3.05) is 6.61 Å². The van der Waals surface area contributed by atoms with Crippen molar-refractivity contribution in [3.63, 3.8) is 0 Å². The SMILES string of the molecule is Fc1cnc(Cl)nc1-c1ccc2c(c1)CCO2. The highest BCUT2D eigenvalue weighted by molar-refractivity contribution is 6.28. The van der Waals surface area contributed by atoms with Crippen LogP contribution in [0, 0.1) is 5.82 Å². The van der Waals surface area contributed by atoms with E-state index in [2.05, 4.69) is 9.97 Å². The Labute approximate surface area is 102 Å². The summed E-state index contributed by atoms with van der Waals surface area (Å²) >= 11 is 5.67. The van der Waals surface area contributed by atoms with Gasteiger partial charge in [0.25, 0.3) is 0 Å². The average Bonchev–Trinajstić information content (AvgIpc) is 2.79. The summed E-state index contributed by atoms with van der Waals surface area (Å²) < 4.78 is 19.0. The number of rotatable bonds is 1. The fraction of sp³-hybridized carbons (Fsp3) is 0.167. The van der Waals surface area contributed by atoms with Crippen molar-refractivity contribution in [3.8, 4) is 17.0 Å². The molecule has 5 heteroatoms. The number of hydrogen-bond acceptors (Lipinski definition) is 3. The Morgan fingerprint density at radius 2 is 2.24 bits per heavy atom. The molecule has 0 fully saturated rings. The molecular weight excluding hydrogens is 243 g/mol. The van der Waals surface area contributed by atoms with E-state index < -0.39 is 5.82 Å². The molecule has 2 aromatic rings. The number of halogens is 2. The van der Waals surface area contributed by atoms with Gasteiger partial charge < -0.3 is 4.74 Å². The van der Waals surface area contributed by atoms with Gasteiger partial charge >= 0.3 is 0 Å². The fourth-order valence-electron chi connectivity index (χ4n) is 1.88. The third-order valence-corrected chi connectivity index (χ3v) is 2.86. The van der Waals surface area contributed by atoms with Crippen LogP contribution in [0.5, 0.6) is 5.75 Å². The molecule has 86 valence electrons. The summed E-state index contributed by atoms with van der Waals surface area (Å²) in [7, 11) is 0. The monoisotopic (exact) mass is 250 g/mol. The molecule has 0 saturated carbocycles. The molecule has 0 spiro atoms. The van der Waals surface area contributed by atoms with Gasteiger partial charge in [0.2, 0.25) is 5.28 Å². The number of aromatic nitrogens is 2. The zero-order chi connectivity index (χ0) is 11.8. The van der Waals surface area contributed by atoms with Gasteiger partial charge in [-0.1, -0.05) is 0 Å². The van der Waals surface area contributed by atoms with Crippen molar-refractivity contribution in [2.24, 2.45) is 0 Å². The zero-order valence-electron chi connectivity index (χ0n) is 8.78. The highest BCUT2D eigenvalue weighted by atomic mass is 35.5. The van der Waals surface area contributed by atoms with Crippen LogP contribution in [0.2, 0.25) is 5.28 Å². The van der Waals surface area contributed by atoms with E-state index in [1.54, 1.807) is 6.07 Å². The minimum Gasteiger partial charge on any atom is -0.493 e. The molecule has 0 N–H and O–H groups in total. The van der Waals surface area contributed by atoms with Crippen LogP contribution in [0.1, 0.15) is 5.56 Å². The second kappa shape index (κ2) is 3.96. The fourth-order valence-corrected chi connectivity index (χ4v) is 2.02. The van der Waals surface area contributed by atoms with Crippen LogP contribution in [0.4, 0.5) is 4.39 Å². The number of ether oxygens (including phenoxy) is 1. The Morgan fingerprint density at radius 1 is 1.35 bits per heavy atom. The lowest BCUT2D eigenvalue weighted by molar-refractivity contribution is 0.357. The number of benzene rings is 1. The molecule has 3 nitrogen and oxygen atoms in total. The van der Waals surface area contributed by atoms with Gasteiger partial charge in [-0.15, -0.1) is 0 Å². The van der Waals surface area contributed by atoms with Crippen molar-refractivity contribution < 1.29 is 9.13 Å². The van der Waals surface area contributed by atoms with E-state index in [0.717, 1.165) is 23.9 Å². The lowest BCUT2D eigenvalue weighted by atomic mass is 10.1. The number of nitrogens with zero attached hydrogens (tertiary/aromatic N) is 2. The van der Waals surface area contributed by atoms with Crippen LogP contribution < -0.4 is 4.74 Å². The minimum absolute atomic E-state index is 0.0400. The van der Waals surface area contributed by atoms with Crippen molar-refractivity contribution in [1.82, 2.24) is 9.97 Å². The highest BCUT2D eigenvalue weighted by Gasteiger charge is 2.15. The summed E-state index contributed by atoms with van der Waals surface area (Å²) in [5.74, 6) is 0.377. The van der Waals surface area contributed by atoms with E-state index in [-0.39, 0.29) is 11.0 Å². The van der Waals surface area contributed by atoms with Crippen molar-refractivity contribution in [2.45, 2.75) is 6.42 Å². The molecule has 1 aliphatic rings. The summed E-state index contributed by atoms with van der Waals surface area (Å²) in [6, 6.07) is 5.48. The van der Waals surface area contributed by atoms with Gasteiger partial charge in [-0.3, -0.25) is 0 Å². The Bertz CT molecular complexity index is 589. The molecule has 1 aromatic carbocycles. The first-order valence-corrected chi connectivity index (χ1v) is 5.56. The third-order valence-electron chi connectivity index (χ3n) is 2.68. The van der Waals surface area contributed by atoms with Crippen LogP contribution in [0.3, 0.4) is 0 Å². The summed E-state index contributed by atoms with van der Waals surface area (Å²) in [5.41, 5.74) is 1.98. The van der Waals surface area contributed by atoms with Gasteiger partial charge in [0, 0.05) is 12.0 Å². The quantitative estimate of drug-likeness (QED) is 0.730.